The number of carbonyl (C=O) groups is 1. The fraction of sp³-hybridized carbons (Fsp3) is 0.176. The van der Waals surface area contributed by atoms with Gasteiger partial charge in [0.2, 0.25) is 0 Å². The Morgan fingerprint density at radius 3 is 2.49 bits per heavy atom. The van der Waals surface area contributed by atoms with Gasteiger partial charge >= 0.3 is 5.97 Å². The van der Waals surface area contributed by atoms with Crippen molar-refractivity contribution in [3.8, 4) is 33.8 Å². The fourth-order valence-corrected chi connectivity index (χ4v) is 4.92. The molecule has 0 atom stereocenters. The Morgan fingerprint density at radius 2 is 1.77 bits per heavy atom. The van der Waals surface area contributed by atoms with Crippen LogP contribution in [0.2, 0.25) is 0 Å². The van der Waals surface area contributed by atoms with E-state index in [0.29, 0.717) is 12.2 Å². The number of pyridine rings is 1. The molecule has 1 radical (unpaired) electrons. The number of nitrogens with zero attached hydrogens (tertiary/aromatic N) is 4. The minimum absolute atomic E-state index is 0. The van der Waals surface area contributed by atoms with Crippen molar-refractivity contribution in [2.75, 3.05) is 12.0 Å². The van der Waals surface area contributed by atoms with Crippen LogP contribution in [-0.4, -0.2) is 37.8 Å². The van der Waals surface area contributed by atoms with Gasteiger partial charge in [-0.25, -0.2) is 14.8 Å². The molecule has 0 spiro atoms. The summed E-state index contributed by atoms with van der Waals surface area (Å²) >= 11 is 0. The average Bonchev–Trinajstić information content (AvgIpc) is 3.05. The van der Waals surface area contributed by atoms with Crippen LogP contribution in [0, 0.1) is 6.92 Å². The number of anilines is 1. The second kappa shape index (κ2) is 15.1. The predicted octanol–water partition coefficient (Wildman–Crippen LogP) is 7.36. The van der Waals surface area contributed by atoms with Gasteiger partial charge in [0.05, 0.1) is 16.9 Å². The molecule has 1 aliphatic rings. The monoisotopic (exact) mass is 647 g/mol. The quantitative estimate of drug-likeness (QED) is 0.165. The third-order valence-corrected chi connectivity index (χ3v) is 7.16. The topological polar surface area (TPSA) is 122 Å². The summed E-state index contributed by atoms with van der Waals surface area (Å²) < 4.78 is 0. The van der Waals surface area contributed by atoms with Crippen LogP contribution in [0.3, 0.4) is 0 Å². The number of fused-ring (bicyclic) bond motifs is 1. The third-order valence-electron chi connectivity index (χ3n) is 7.16. The molecule has 215 valence electrons. The van der Waals surface area contributed by atoms with Gasteiger partial charge in [0.15, 0.2) is 5.82 Å². The van der Waals surface area contributed by atoms with E-state index in [4.69, 9.17) is 20.3 Å². The summed E-state index contributed by atoms with van der Waals surface area (Å²) in [6, 6.07) is 24.6. The molecule has 5 aromatic rings. The van der Waals surface area contributed by atoms with Gasteiger partial charge in [-0.05, 0) is 84.0 Å². The molecular formula is C34H32N5O3Y-. The van der Waals surface area contributed by atoms with E-state index in [1.54, 1.807) is 30.5 Å². The van der Waals surface area contributed by atoms with E-state index >= 15 is 0 Å². The second-order valence-electron chi connectivity index (χ2n) is 10.0. The molecule has 0 bridgehead atoms. The minimum Gasteiger partial charge on any atom is -0.658 e. The largest absolute Gasteiger partial charge is 0.658 e. The normalized spacial score (nSPS) is 11.8. The van der Waals surface area contributed by atoms with Gasteiger partial charge in [0, 0.05) is 61.9 Å². The number of aromatic carboxylic acids is 1. The zero-order chi connectivity index (χ0) is 29.5. The summed E-state index contributed by atoms with van der Waals surface area (Å²) in [5, 5.41) is 22.6. The van der Waals surface area contributed by atoms with Crippen LogP contribution in [0.15, 0.2) is 91.3 Å². The smallest absolute Gasteiger partial charge is 0.335 e. The van der Waals surface area contributed by atoms with Gasteiger partial charge in [-0.15, -0.1) is 13.1 Å². The Bertz CT molecular complexity index is 1690. The van der Waals surface area contributed by atoms with Gasteiger partial charge in [-0.3, -0.25) is 15.7 Å². The fourth-order valence-electron chi connectivity index (χ4n) is 4.92. The van der Waals surface area contributed by atoms with E-state index in [-0.39, 0.29) is 38.3 Å². The second-order valence-corrected chi connectivity index (χ2v) is 10.0. The van der Waals surface area contributed by atoms with Crippen LogP contribution in [0.5, 0.6) is 0 Å². The van der Waals surface area contributed by atoms with Crippen molar-refractivity contribution < 1.29 is 47.8 Å². The Kier molecular flexibility index (Phi) is 11.3. The molecule has 3 N–H and O–H groups in total. The number of aryl methyl sites for hydroxylation is 2. The van der Waals surface area contributed by atoms with E-state index in [0.717, 1.165) is 70.0 Å². The number of carboxylic acid groups (broad SMARTS) is 1. The number of hydrogen-bond donors (Lipinski definition) is 3. The van der Waals surface area contributed by atoms with E-state index in [2.05, 4.69) is 47.0 Å². The number of nitrogens with one attached hydrogen (secondary N) is 1. The summed E-state index contributed by atoms with van der Waals surface area (Å²) in [4.78, 5) is 24.8. The summed E-state index contributed by atoms with van der Waals surface area (Å²) in [6.45, 7) is 5.68. The maximum absolute atomic E-state index is 11.0. The molecule has 3 heterocycles. The molecule has 8 nitrogen and oxygen atoms in total. The molecule has 0 amide bonds. The van der Waals surface area contributed by atoms with E-state index in [9.17, 15) is 4.79 Å². The molecular weight excluding hydrogens is 615 g/mol. The first-order chi connectivity index (χ1) is 20.5. The Morgan fingerprint density at radius 1 is 0.953 bits per heavy atom. The molecule has 0 saturated heterocycles. The van der Waals surface area contributed by atoms with Gasteiger partial charge in [-0.2, -0.15) is 0 Å². The van der Waals surface area contributed by atoms with Gasteiger partial charge < -0.3 is 10.4 Å². The van der Waals surface area contributed by atoms with Crippen molar-refractivity contribution >= 4 is 11.7 Å². The maximum atomic E-state index is 11.0. The van der Waals surface area contributed by atoms with Crippen molar-refractivity contribution in [3.05, 3.63) is 125 Å². The molecule has 2 aromatic heterocycles. The Labute approximate surface area is 276 Å². The molecule has 1 aliphatic heterocycles. The zero-order valence-electron chi connectivity index (χ0n) is 24.2. The van der Waals surface area contributed by atoms with Crippen molar-refractivity contribution in [2.45, 2.75) is 33.2 Å². The van der Waals surface area contributed by atoms with E-state index in [1.165, 1.54) is 5.56 Å². The first-order valence-corrected chi connectivity index (χ1v) is 13.8. The van der Waals surface area contributed by atoms with Crippen molar-refractivity contribution in [3.63, 3.8) is 0 Å². The Balaban J connectivity index is 0.000000196. The van der Waals surface area contributed by atoms with E-state index in [1.807, 2.05) is 43.5 Å². The van der Waals surface area contributed by atoms with Crippen molar-refractivity contribution in [1.82, 2.24) is 15.0 Å². The molecule has 3 aromatic carbocycles. The van der Waals surface area contributed by atoms with Crippen LogP contribution < -0.4 is 5.48 Å². The summed E-state index contributed by atoms with van der Waals surface area (Å²) in [7, 11) is 0. The number of rotatable bonds is 6. The zero-order valence-corrected chi connectivity index (χ0v) is 27.0. The molecule has 0 unspecified atom stereocenters. The van der Waals surface area contributed by atoms with Crippen LogP contribution in [0.25, 0.3) is 39.1 Å². The summed E-state index contributed by atoms with van der Waals surface area (Å²) in [6.07, 6.45) is 5.30. The van der Waals surface area contributed by atoms with Crippen LogP contribution >= 0.6 is 0 Å². The number of aromatic nitrogens is 3. The molecule has 0 aliphatic carbocycles. The van der Waals surface area contributed by atoms with Crippen molar-refractivity contribution in [2.24, 2.45) is 0 Å². The van der Waals surface area contributed by atoms with Crippen LogP contribution in [0.4, 0.5) is 5.69 Å². The van der Waals surface area contributed by atoms with Gasteiger partial charge in [0.1, 0.15) is 0 Å². The summed E-state index contributed by atoms with van der Waals surface area (Å²) in [5.74, 6) is -0.203. The first-order valence-electron chi connectivity index (χ1n) is 13.8. The third kappa shape index (κ3) is 7.78. The minimum atomic E-state index is -0.950. The van der Waals surface area contributed by atoms with Gasteiger partial charge in [0.25, 0.3) is 0 Å². The van der Waals surface area contributed by atoms with E-state index < -0.39 is 5.97 Å². The number of hydrogen-bond acceptors (Lipinski definition) is 6. The SMILES string of the molecule is CCc1cc(NO)cc(-c2cccc(C(=O)O)c2)c1.Cc1ccccc1-c1nc(-c2cccnc2)nc2c1C[N-]CC2.[Y]. The van der Waals surface area contributed by atoms with Crippen molar-refractivity contribution in [1.29, 1.82) is 0 Å². The maximum Gasteiger partial charge on any atom is 0.335 e. The molecule has 6 rings (SSSR count). The number of carboxylic acids is 1. The average molecular weight is 648 g/mol. The van der Waals surface area contributed by atoms with Gasteiger partial charge in [-0.1, -0.05) is 49.4 Å². The Hall–Kier alpha value is -3.82. The predicted molar refractivity (Wildman–Crippen MR) is 165 cm³/mol. The molecule has 9 heteroatoms. The van der Waals surface area contributed by atoms with Crippen LogP contribution in [0.1, 0.15) is 39.7 Å². The molecule has 43 heavy (non-hydrogen) atoms. The first kappa shape index (κ1) is 32.1. The molecule has 0 fully saturated rings. The summed E-state index contributed by atoms with van der Waals surface area (Å²) in [5.41, 5.74) is 12.3. The standard InChI is InChI=1S/C19H17N4.C15H15NO3.Y/c1-13-5-2-3-7-15(13)18-16-12-21-10-8-17(16)22-19(23-18)14-6-4-9-20-11-14;1-2-10-6-13(9-14(7-10)16-19)11-4-3-5-12(8-11)15(17)18;/h2-7,9,11H,8,10,12H2,1H3;3-9,16,19H,2H2,1H3,(H,17,18);/q-1;;. The molecule has 0 saturated carbocycles. The number of benzene rings is 3. The van der Waals surface area contributed by atoms with Crippen LogP contribution in [-0.2, 0) is 52.1 Å².